The Morgan fingerprint density at radius 1 is 1.18 bits per heavy atom. The lowest BCUT2D eigenvalue weighted by atomic mass is 10.2. The zero-order valence-electron chi connectivity index (χ0n) is 19.1. The quantitative estimate of drug-likeness (QED) is 0.262. The van der Waals surface area contributed by atoms with Crippen molar-refractivity contribution in [2.75, 3.05) is 23.4 Å². The highest BCUT2D eigenvalue weighted by Gasteiger charge is 2.27. The van der Waals surface area contributed by atoms with E-state index in [1.165, 1.54) is 6.33 Å². The summed E-state index contributed by atoms with van der Waals surface area (Å²) in [5.74, 6) is 0.0814. The van der Waals surface area contributed by atoms with Gasteiger partial charge in [0.25, 0.3) is 0 Å². The predicted octanol–water partition coefficient (Wildman–Crippen LogP) is 5.41. The minimum atomic E-state index is -0.492. The molecule has 1 heterocycles. The Labute approximate surface area is 192 Å². The molecule has 0 bridgehead atoms. The van der Waals surface area contributed by atoms with Gasteiger partial charge in [0, 0.05) is 17.9 Å². The molecule has 0 fully saturated rings. The Hall–Kier alpha value is -4.01. The summed E-state index contributed by atoms with van der Waals surface area (Å²) >= 11 is 0. The lowest BCUT2D eigenvalue weighted by Crippen LogP contribution is -2.20. The average molecular weight is 450 g/mol. The number of esters is 1. The van der Waals surface area contributed by atoms with E-state index < -0.39 is 10.9 Å². The van der Waals surface area contributed by atoms with Crippen molar-refractivity contribution in [2.24, 2.45) is 5.92 Å². The normalized spacial score (nSPS) is 10.7. The van der Waals surface area contributed by atoms with Crippen LogP contribution >= 0.6 is 0 Å². The van der Waals surface area contributed by atoms with Gasteiger partial charge in [-0.25, -0.2) is 14.8 Å². The average Bonchev–Trinajstić information content (AvgIpc) is 2.78. The van der Waals surface area contributed by atoms with Crippen LogP contribution in [-0.4, -0.2) is 34.0 Å². The monoisotopic (exact) mass is 449 g/mol. The van der Waals surface area contributed by atoms with Crippen LogP contribution in [0.15, 0.2) is 54.9 Å². The summed E-state index contributed by atoms with van der Waals surface area (Å²) in [5, 5.41) is 15.0. The molecule has 0 aliphatic rings. The molecular weight excluding hydrogens is 422 g/mol. The second-order valence-corrected chi connectivity index (χ2v) is 7.93. The van der Waals surface area contributed by atoms with Crippen molar-refractivity contribution in [3.05, 3.63) is 76.1 Å². The maximum atomic E-state index is 12.1. The molecule has 0 spiro atoms. The van der Waals surface area contributed by atoms with Crippen molar-refractivity contribution in [1.29, 1.82) is 0 Å². The summed E-state index contributed by atoms with van der Waals surface area (Å²) in [4.78, 5) is 33.7. The van der Waals surface area contributed by atoms with Crippen molar-refractivity contribution in [3.8, 4) is 0 Å². The third-order valence-electron chi connectivity index (χ3n) is 4.80. The van der Waals surface area contributed by atoms with Crippen LogP contribution in [0.3, 0.4) is 0 Å². The minimum absolute atomic E-state index is 0.0613. The summed E-state index contributed by atoms with van der Waals surface area (Å²) in [6, 6.07) is 14.2. The largest absolute Gasteiger partial charge is 0.462 e. The summed E-state index contributed by atoms with van der Waals surface area (Å²) < 4.78 is 5.23. The lowest BCUT2D eigenvalue weighted by Gasteiger charge is -2.22. The Morgan fingerprint density at radius 2 is 1.91 bits per heavy atom. The van der Waals surface area contributed by atoms with Crippen LogP contribution in [0.1, 0.15) is 36.7 Å². The van der Waals surface area contributed by atoms with Gasteiger partial charge < -0.3 is 15.0 Å². The summed E-state index contributed by atoms with van der Waals surface area (Å²) in [6.07, 6.45) is 1.29. The number of nitrogens with zero attached hydrogens (tertiary/aromatic N) is 4. The maximum Gasteiger partial charge on any atom is 0.354 e. The first-order valence-electron chi connectivity index (χ1n) is 10.7. The topological polar surface area (TPSA) is 110 Å². The van der Waals surface area contributed by atoms with E-state index in [0.717, 1.165) is 11.3 Å². The lowest BCUT2D eigenvalue weighted by molar-refractivity contribution is -0.383. The molecule has 3 aromatic rings. The Kier molecular flexibility index (Phi) is 7.55. The number of carbonyl (C=O) groups excluding carboxylic acids is 1. The molecule has 0 saturated carbocycles. The van der Waals surface area contributed by atoms with E-state index in [2.05, 4.69) is 15.3 Å². The maximum absolute atomic E-state index is 12.1. The second-order valence-electron chi connectivity index (χ2n) is 7.93. The van der Waals surface area contributed by atoms with Crippen molar-refractivity contribution < 1.29 is 14.5 Å². The molecule has 0 saturated heterocycles. The predicted molar refractivity (Wildman–Crippen MR) is 127 cm³/mol. The van der Waals surface area contributed by atoms with Gasteiger partial charge in [0.05, 0.1) is 17.1 Å². The van der Waals surface area contributed by atoms with Crippen molar-refractivity contribution in [1.82, 2.24) is 9.97 Å². The number of hydrogen-bond acceptors (Lipinski definition) is 8. The number of aryl methyl sites for hydroxylation is 1. The Bertz CT molecular complexity index is 1130. The van der Waals surface area contributed by atoms with Gasteiger partial charge in [0.15, 0.2) is 0 Å². The van der Waals surface area contributed by atoms with Gasteiger partial charge in [0.2, 0.25) is 11.6 Å². The van der Waals surface area contributed by atoms with Crippen LogP contribution in [0.25, 0.3) is 0 Å². The molecule has 0 radical (unpaired) electrons. The van der Waals surface area contributed by atoms with Crippen molar-refractivity contribution >= 4 is 34.7 Å². The summed E-state index contributed by atoms with van der Waals surface area (Å²) in [7, 11) is 0. The molecule has 1 aromatic heterocycles. The van der Waals surface area contributed by atoms with Crippen LogP contribution in [0.2, 0.25) is 0 Å². The number of rotatable bonds is 9. The van der Waals surface area contributed by atoms with Crippen LogP contribution in [0, 0.1) is 23.0 Å². The molecule has 2 aromatic carbocycles. The van der Waals surface area contributed by atoms with Gasteiger partial charge >= 0.3 is 11.7 Å². The van der Waals surface area contributed by atoms with E-state index in [1.54, 1.807) is 29.2 Å². The van der Waals surface area contributed by atoms with Crippen molar-refractivity contribution in [3.63, 3.8) is 0 Å². The summed E-state index contributed by atoms with van der Waals surface area (Å²) in [6.45, 7) is 8.60. The highest BCUT2D eigenvalue weighted by atomic mass is 16.6. The number of ether oxygens (including phenoxy) is 1. The molecule has 9 heteroatoms. The zero-order chi connectivity index (χ0) is 24.0. The molecular formula is C24H27N5O4. The van der Waals surface area contributed by atoms with E-state index in [1.807, 2.05) is 52.0 Å². The molecule has 0 unspecified atom stereocenters. The molecule has 33 heavy (non-hydrogen) atoms. The van der Waals surface area contributed by atoms with Crippen LogP contribution in [0.4, 0.5) is 28.7 Å². The van der Waals surface area contributed by atoms with Gasteiger partial charge in [-0.2, -0.15) is 0 Å². The van der Waals surface area contributed by atoms with E-state index >= 15 is 0 Å². The van der Waals surface area contributed by atoms with Gasteiger partial charge in [-0.3, -0.25) is 10.1 Å². The van der Waals surface area contributed by atoms with Crippen LogP contribution < -0.4 is 10.2 Å². The number of anilines is 4. The minimum Gasteiger partial charge on any atom is -0.462 e. The highest BCUT2D eigenvalue weighted by molar-refractivity contribution is 5.90. The number of aromatic nitrogens is 2. The van der Waals surface area contributed by atoms with Gasteiger partial charge in [-0.1, -0.05) is 26.0 Å². The number of nitrogens with one attached hydrogen (secondary N) is 1. The molecule has 0 amide bonds. The molecule has 9 nitrogen and oxygen atoms in total. The molecule has 1 N–H and O–H groups in total. The molecule has 172 valence electrons. The zero-order valence-corrected chi connectivity index (χ0v) is 19.1. The molecule has 0 aliphatic carbocycles. The molecule has 0 atom stereocenters. The second kappa shape index (κ2) is 10.5. The standard InChI is InChI=1S/C24H27N5O4/c1-5-28(20-8-6-7-17(4)13-20)23-21(29(31)32)22(25-15-26-23)27-19-11-9-18(10-12-19)24(30)33-14-16(2)3/h6-13,15-16H,5,14H2,1-4H3,(H,25,26,27). The first kappa shape index (κ1) is 23.6. The van der Waals surface area contributed by atoms with Crippen molar-refractivity contribution in [2.45, 2.75) is 27.7 Å². The SMILES string of the molecule is CCN(c1cccc(C)c1)c1ncnc(Nc2ccc(C(=O)OCC(C)C)cc2)c1[N+](=O)[O-]. The van der Waals surface area contributed by atoms with Crippen LogP contribution in [-0.2, 0) is 4.74 Å². The fraction of sp³-hybridized carbons (Fsp3) is 0.292. The first-order chi connectivity index (χ1) is 15.8. The third-order valence-corrected chi connectivity index (χ3v) is 4.80. The number of carbonyl (C=O) groups is 1. The molecule has 0 aliphatic heterocycles. The Morgan fingerprint density at radius 3 is 2.52 bits per heavy atom. The van der Waals surface area contributed by atoms with Crippen LogP contribution in [0.5, 0.6) is 0 Å². The third kappa shape index (κ3) is 5.82. The number of nitro groups is 1. The van der Waals surface area contributed by atoms with Gasteiger partial charge in [-0.15, -0.1) is 0 Å². The van der Waals surface area contributed by atoms with E-state index in [0.29, 0.717) is 24.4 Å². The fourth-order valence-electron chi connectivity index (χ4n) is 3.23. The van der Waals surface area contributed by atoms with Gasteiger partial charge in [0.1, 0.15) is 6.33 Å². The van der Waals surface area contributed by atoms with Gasteiger partial charge in [-0.05, 0) is 61.7 Å². The Balaban J connectivity index is 1.90. The number of hydrogen-bond donors (Lipinski definition) is 1. The van der Waals surface area contributed by atoms with E-state index in [9.17, 15) is 14.9 Å². The van der Waals surface area contributed by atoms with E-state index in [-0.39, 0.29) is 23.2 Å². The van der Waals surface area contributed by atoms with E-state index in [4.69, 9.17) is 4.74 Å². The fourth-order valence-corrected chi connectivity index (χ4v) is 3.23. The smallest absolute Gasteiger partial charge is 0.354 e. The highest BCUT2D eigenvalue weighted by Crippen LogP contribution is 2.37. The molecule has 3 rings (SSSR count). The first-order valence-corrected chi connectivity index (χ1v) is 10.7. The summed E-state index contributed by atoms with van der Waals surface area (Å²) in [5.41, 5.74) is 2.54. The number of benzene rings is 2.